The number of ether oxygens (including phenoxy) is 2. The third kappa shape index (κ3) is 6.54. The summed E-state index contributed by atoms with van der Waals surface area (Å²) < 4.78 is 23.4. The minimum atomic E-state index is -1.18. The lowest BCUT2D eigenvalue weighted by Crippen LogP contribution is -2.43. The largest absolute Gasteiger partial charge is 0.494 e. The summed E-state index contributed by atoms with van der Waals surface area (Å²) >= 11 is 0. The van der Waals surface area contributed by atoms with Crippen molar-refractivity contribution in [2.24, 2.45) is 0 Å². The predicted octanol–water partition coefficient (Wildman–Crippen LogP) is 2.74. The van der Waals surface area contributed by atoms with Crippen LogP contribution in [0.15, 0.2) is 18.2 Å². The van der Waals surface area contributed by atoms with Crippen LogP contribution in [-0.4, -0.2) is 35.9 Å². The first-order chi connectivity index (χ1) is 10.6. The topological polar surface area (TPSA) is 84.9 Å². The lowest BCUT2D eigenvalue weighted by molar-refractivity contribution is -0.139. The zero-order valence-electron chi connectivity index (χ0n) is 13.7. The molecular weight excluding hydrogens is 305 g/mol. The summed E-state index contributed by atoms with van der Waals surface area (Å²) in [7, 11) is 1.36. The molecule has 0 aliphatic carbocycles. The fraction of sp³-hybridized carbons (Fsp3) is 0.500. The van der Waals surface area contributed by atoms with E-state index in [1.165, 1.54) is 19.2 Å². The second-order valence-corrected chi connectivity index (χ2v) is 6.04. The Balaban J connectivity index is 2.65. The highest BCUT2D eigenvalue weighted by atomic mass is 19.1. The molecule has 0 aliphatic heterocycles. The number of methoxy groups -OCH3 is 1. The lowest BCUT2D eigenvalue weighted by atomic mass is 10.0. The lowest BCUT2D eigenvalue weighted by Gasteiger charge is -2.22. The van der Waals surface area contributed by atoms with E-state index >= 15 is 0 Å². The second-order valence-electron chi connectivity index (χ2n) is 6.04. The summed E-state index contributed by atoms with van der Waals surface area (Å²) in [5, 5.41) is 11.5. The number of alkyl carbamates (subject to hydrolysis) is 1. The summed E-state index contributed by atoms with van der Waals surface area (Å²) in [5.74, 6) is -1.57. The van der Waals surface area contributed by atoms with E-state index in [-0.39, 0.29) is 18.6 Å². The van der Waals surface area contributed by atoms with Gasteiger partial charge < -0.3 is 19.9 Å². The first-order valence-corrected chi connectivity index (χ1v) is 7.17. The van der Waals surface area contributed by atoms with Gasteiger partial charge in [0.2, 0.25) is 0 Å². The van der Waals surface area contributed by atoms with Crippen LogP contribution in [0.2, 0.25) is 0 Å². The van der Waals surface area contributed by atoms with E-state index in [0.29, 0.717) is 5.56 Å². The molecule has 0 radical (unpaired) electrons. The number of halogens is 1. The van der Waals surface area contributed by atoms with Gasteiger partial charge >= 0.3 is 12.1 Å². The highest BCUT2D eigenvalue weighted by Crippen LogP contribution is 2.19. The molecule has 0 saturated heterocycles. The van der Waals surface area contributed by atoms with Gasteiger partial charge in [-0.15, -0.1) is 0 Å². The molecule has 23 heavy (non-hydrogen) atoms. The van der Waals surface area contributed by atoms with E-state index in [1.54, 1.807) is 26.8 Å². The van der Waals surface area contributed by atoms with E-state index in [2.05, 4.69) is 5.32 Å². The van der Waals surface area contributed by atoms with Gasteiger partial charge in [0.05, 0.1) is 7.11 Å². The molecule has 6 nitrogen and oxygen atoms in total. The average molecular weight is 327 g/mol. The van der Waals surface area contributed by atoms with Gasteiger partial charge in [0.25, 0.3) is 0 Å². The summed E-state index contributed by atoms with van der Waals surface area (Å²) in [4.78, 5) is 22.9. The van der Waals surface area contributed by atoms with Crippen LogP contribution < -0.4 is 10.1 Å². The zero-order chi connectivity index (χ0) is 17.6. The second kappa shape index (κ2) is 7.80. The summed E-state index contributed by atoms with van der Waals surface area (Å²) in [5.41, 5.74) is -0.104. The predicted molar refractivity (Wildman–Crippen MR) is 82.1 cm³/mol. The number of hydrogen-bond donors (Lipinski definition) is 2. The van der Waals surface area contributed by atoms with E-state index in [4.69, 9.17) is 9.47 Å². The van der Waals surface area contributed by atoms with Gasteiger partial charge in [-0.05, 0) is 51.3 Å². The van der Waals surface area contributed by atoms with Gasteiger partial charge in [-0.1, -0.05) is 6.07 Å². The number of benzene rings is 1. The number of aryl methyl sites for hydroxylation is 1. The molecule has 0 heterocycles. The molecule has 128 valence electrons. The minimum Gasteiger partial charge on any atom is -0.494 e. The highest BCUT2D eigenvalue weighted by Gasteiger charge is 2.23. The molecular formula is C16H22FNO5. The van der Waals surface area contributed by atoms with Crippen LogP contribution in [0.5, 0.6) is 5.75 Å². The molecule has 0 aromatic heterocycles. The molecule has 0 fully saturated rings. The molecule has 1 aromatic rings. The van der Waals surface area contributed by atoms with E-state index in [0.717, 1.165) is 0 Å². The van der Waals surface area contributed by atoms with Crippen molar-refractivity contribution in [1.29, 1.82) is 0 Å². The number of amides is 1. The molecule has 0 spiro atoms. The number of aliphatic carboxylic acids is 1. The van der Waals surface area contributed by atoms with E-state index < -0.39 is 29.5 Å². The van der Waals surface area contributed by atoms with Crippen molar-refractivity contribution in [1.82, 2.24) is 5.32 Å². The number of carbonyl (C=O) groups excluding carboxylic acids is 1. The Morgan fingerprint density at radius 2 is 2.00 bits per heavy atom. The Bertz CT molecular complexity index is 568. The molecule has 2 N–H and O–H groups in total. The molecule has 1 amide bonds. The van der Waals surface area contributed by atoms with Crippen molar-refractivity contribution < 1.29 is 28.6 Å². The monoisotopic (exact) mass is 327 g/mol. The Morgan fingerprint density at radius 1 is 1.35 bits per heavy atom. The van der Waals surface area contributed by atoms with Crippen LogP contribution in [0, 0.1) is 5.82 Å². The number of carboxylic acid groups (broad SMARTS) is 1. The first-order valence-electron chi connectivity index (χ1n) is 7.17. The Labute approximate surface area is 134 Å². The van der Waals surface area contributed by atoms with Crippen LogP contribution in [0.25, 0.3) is 0 Å². The highest BCUT2D eigenvalue weighted by molar-refractivity contribution is 5.80. The van der Waals surface area contributed by atoms with Crippen LogP contribution in [-0.2, 0) is 16.0 Å². The maximum Gasteiger partial charge on any atom is 0.408 e. The Hall–Kier alpha value is -2.31. The van der Waals surface area contributed by atoms with Crippen LogP contribution in [0.4, 0.5) is 9.18 Å². The van der Waals surface area contributed by atoms with Gasteiger partial charge in [-0.3, -0.25) is 0 Å². The van der Waals surface area contributed by atoms with Gasteiger partial charge in [-0.2, -0.15) is 0 Å². The fourth-order valence-electron chi connectivity index (χ4n) is 1.88. The van der Waals surface area contributed by atoms with Crippen LogP contribution in [0.1, 0.15) is 32.8 Å². The Morgan fingerprint density at radius 3 is 2.48 bits per heavy atom. The standard InChI is InChI=1S/C16H22FNO5/c1-16(2,3)23-15(21)18-12(14(19)20)7-5-10-6-8-13(22-4)11(17)9-10/h6,8-9,12H,5,7H2,1-4H3,(H,18,21)(H,19,20). The van der Waals surface area contributed by atoms with Gasteiger partial charge in [0, 0.05) is 0 Å². The van der Waals surface area contributed by atoms with Crippen molar-refractivity contribution in [3.63, 3.8) is 0 Å². The van der Waals surface area contributed by atoms with Crippen molar-refractivity contribution in [2.75, 3.05) is 7.11 Å². The van der Waals surface area contributed by atoms with Gasteiger partial charge in [0.1, 0.15) is 11.6 Å². The van der Waals surface area contributed by atoms with E-state index in [1.807, 2.05) is 0 Å². The third-order valence-corrected chi connectivity index (χ3v) is 2.93. The number of hydrogen-bond acceptors (Lipinski definition) is 4. The summed E-state index contributed by atoms with van der Waals surface area (Å²) in [6, 6.07) is 3.29. The SMILES string of the molecule is COc1ccc(CCC(NC(=O)OC(C)(C)C)C(=O)O)cc1F. The summed E-state index contributed by atoms with van der Waals surface area (Å²) in [6.07, 6.45) is -0.403. The zero-order valence-corrected chi connectivity index (χ0v) is 13.7. The first kappa shape index (κ1) is 18.7. The van der Waals surface area contributed by atoms with Crippen molar-refractivity contribution in [3.05, 3.63) is 29.6 Å². The number of carboxylic acids is 1. The van der Waals surface area contributed by atoms with Crippen molar-refractivity contribution in [3.8, 4) is 5.75 Å². The molecule has 1 rings (SSSR count). The molecule has 7 heteroatoms. The minimum absolute atomic E-state index is 0.111. The third-order valence-electron chi connectivity index (χ3n) is 2.93. The van der Waals surface area contributed by atoms with Gasteiger partial charge in [0.15, 0.2) is 11.6 Å². The number of nitrogens with one attached hydrogen (secondary N) is 1. The van der Waals surface area contributed by atoms with E-state index in [9.17, 15) is 19.1 Å². The number of rotatable bonds is 6. The molecule has 1 aromatic carbocycles. The number of carbonyl (C=O) groups is 2. The van der Waals surface area contributed by atoms with Crippen molar-refractivity contribution >= 4 is 12.1 Å². The quantitative estimate of drug-likeness (QED) is 0.839. The fourth-order valence-corrected chi connectivity index (χ4v) is 1.88. The molecule has 0 bridgehead atoms. The summed E-state index contributed by atoms with van der Waals surface area (Å²) in [6.45, 7) is 5.05. The average Bonchev–Trinajstić information content (AvgIpc) is 2.41. The molecule has 0 aliphatic rings. The Kier molecular flexibility index (Phi) is 6.36. The maximum absolute atomic E-state index is 13.6. The molecule has 1 unspecified atom stereocenters. The van der Waals surface area contributed by atoms with Crippen LogP contribution >= 0.6 is 0 Å². The van der Waals surface area contributed by atoms with Crippen LogP contribution in [0.3, 0.4) is 0 Å². The normalized spacial score (nSPS) is 12.4. The molecule has 0 saturated carbocycles. The van der Waals surface area contributed by atoms with Gasteiger partial charge in [-0.25, -0.2) is 14.0 Å². The maximum atomic E-state index is 13.6. The van der Waals surface area contributed by atoms with Crippen molar-refractivity contribution in [2.45, 2.75) is 45.3 Å². The smallest absolute Gasteiger partial charge is 0.408 e. The molecule has 1 atom stereocenters.